The summed E-state index contributed by atoms with van der Waals surface area (Å²) < 4.78 is 1.25. The lowest BCUT2D eigenvalue weighted by atomic mass is 9.90. The lowest BCUT2D eigenvalue weighted by Crippen LogP contribution is -2.24. The quantitative estimate of drug-likeness (QED) is 0.824. The van der Waals surface area contributed by atoms with Gasteiger partial charge < -0.3 is 5.32 Å². The van der Waals surface area contributed by atoms with Crippen molar-refractivity contribution in [3.8, 4) is 0 Å². The van der Waals surface area contributed by atoms with Gasteiger partial charge in [0.1, 0.15) is 0 Å². The van der Waals surface area contributed by atoms with Crippen molar-refractivity contribution in [3.05, 3.63) is 34.3 Å². The fourth-order valence-electron chi connectivity index (χ4n) is 2.29. The van der Waals surface area contributed by atoms with Crippen LogP contribution in [-0.2, 0) is 0 Å². The summed E-state index contributed by atoms with van der Waals surface area (Å²) in [5.41, 5.74) is 1.45. The molecule has 1 N–H and O–H groups in total. The monoisotopic (exact) mass is 295 g/mol. The highest BCUT2D eigenvalue weighted by Crippen LogP contribution is 2.30. The van der Waals surface area contributed by atoms with Gasteiger partial charge in [-0.15, -0.1) is 0 Å². The van der Waals surface area contributed by atoms with Crippen LogP contribution in [0.3, 0.4) is 0 Å². The second-order valence-corrected chi connectivity index (χ2v) is 6.38. The second kappa shape index (κ2) is 6.01. The van der Waals surface area contributed by atoms with Crippen LogP contribution in [0.15, 0.2) is 28.7 Å². The Bertz CT molecular complexity index is 358. The van der Waals surface area contributed by atoms with E-state index in [1.165, 1.54) is 29.3 Å². The van der Waals surface area contributed by atoms with Gasteiger partial charge in [-0.05, 0) is 42.7 Å². The van der Waals surface area contributed by atoms with E-state index >= 15 is 0 Å². The molecule has 0 heterocycles. The zero-order valence-electron chi connectivity index (χ0n) is 10.7. The lowest BCUT2D eigenvalue weighted by Gasteiger charge is -2.21. The molecule has 1 unspecified atom stereocenters. The number of hydrogen-bond acceptors (Lipinski definition) is 1. The molecular weight excluding hydrogens is 274 g/mol. The van der Waals surface area contributed by atoms with Gasteiger partial charge in [0.25, 0.3) is 0 Å². The molecule has 0 bridgehead atoms. The van der Waals surface area contributed by atoms with E-state index in [-0.39, 0.29) is 0 Å². The Morgan fingerprint density at radius 1 is 1.29 bits per heavy atom. The third-order valence-corrected chi connectivity index (χ3v) is 4.05. The Morgan fingerprint density at radius 3 is 2.59 bits per heavy atom. The van der Waals surface area contributed by atoms with Crippen molar-refractivity contribution in [2.75, 3.05) is 6.54 Å². The Balaban J connectivity index is 2.04. The Hall–Kier alpha value is -0.340. The number of halogens is 1. The van der Waals surface area contributed by atoms with Gasteiger partial charge >= 0.3 is 0 Å². The normalized spacial score (nSPS) is 17.4. The summed E-state index contributed by atoms with van der Waals surface area (Å²) in [5, 5.41) is 3.67. The van der Waals surface area contributed by atoms with Gasteiger partial charge in [-0.25, -0.2) is 0 Å². The molecule has 17 heavy (non-hydrogen) atoms. The van der Waals surface area contributed by atoms with Crippen molar-refractivity contribution in [1.82, 2.24) is 5.32 Å². The van der Waals surface area contributed by atoms with Gasteiger partial charge in [-0.3, -0.25) is 0 Å². The largest absolute Gasteiger partial charge is 0.313 e. The van der Waals surface area contributed by atoms with Crippen molar-refractivity contribution in [2.24, 2.45) is 5.92 Å². The summed E-state index contributed by atoms with van der Waals surface area (Å²) in [6.45, 7) is 5.73. The topological polar surface area (TPSA) is 12.0 Å². The first-order chi connectivity index (χ1) is 8.16. The maximum Gasteiger partial charge on any atom is 0.0210 e. The maximum atomic E-state index is 3.68. The van der Waals surface area contributed by atoms with Crippen LogP contribution in [0, 0.1) is 5.92 Å². The first-order valence-corrected chi connectivity index (χ1v) is 7.44. The number of rotatable bonds is 6. The van der Waals surface area contributed by atoms with E-state index in [1.807, 2.05) is 0 Å². The molecule has 0 radical (unpaired) electrons. The summed E-state index contributed by atoms with van der Waals surface area (Å²) in [6, 6.07) is 9.44. The molecule has 1 fully saturated rings. The molecule has 1 aromatic carbocycles. The number of hydrogen-bond donors (Lipinski definition) is 1. The van der Waals surface area contributed by atoms with Crippen LogP contribution in [0.25, 0.3) is 0 Å². The molecule has 1 aliphatic carbocycles. The van der Waals surface area contributed by atoms with Crippen molar-refractivity contribution in [2.45, 2.75) is 45.1 Å². The molecule has 0 amide bonds. The number of benzene rings is 1. The predicted molar refractivity (Wildman–Crippen MR) is 77.4 cm³/mol. The molecular formula is C15H22BrN. The lowest BCUT2D eigenvalue weighted by molar-refractivity contribution is 0.468. The van der Waals surface area contributed by atoms with E-state index in [1.54, 1.807) is 0 Å². The molecule has 2 rings (SSSR count). The molecule has 1 aromatic rings. The molecule has 0 spiro atoms. The van der Waals surface area contributed by atoms with Crippen LogP contribution >= 0.6 is 15.9 Å². The fourth-order valence-corrected chi connectivity index (χ4v) is 2.90. The molecule has 0 saturated heterocycles. The predicted octanol–water partition coefficient (Wildman–Crippen LogP) is 4.33. The zero-order valence-corrected chi connectivity index (χ0v) is 12.3. The third kappa shape index (κ3) is 4.11. The highest BCUT2D eigenvalue weighted by atomic mass is 79.9. The van der Waals surface area contributed by atoms with E-state index in [2.05, 4.69) is 59.4 Å². The number of nitrogens with one attached hydrogen (secondary N) is 1. The van der Waals surface area contributed by atoms with Crippen molar-refractivity contribution < 1.29 is 0 Å². The van der Waals surface area contributed by atoms with E-state index < -0.39 is 0 Å². The SMILES string of the molecule is CC(C)CC(CNC1CC1)c1ccccc1Br. The summed E-state index contributed by atoms with van der Waals surface area (Å²) >= 11 is 3.68. The molecule has 0 aromatic heterocycles. The summed E-state index contributed by atoms with van der Waals surface area (Å²) in [7, 11) is 0. The van der Waals surface area contributed by atoms with Crippen LogP contribution < -0.4 is 5.32 Å². The van der Waals surface area contributed by atoms with E-state index in [0.717, 1.165) is 18.5 Å². The average Bonchev–Trinajstić information content (AvgIpc) is 3.08. The van der Waals surface area contributed by atoms with Crippen LogP contribution in [0.2, 0.25) is 0 Å². The van der Waals surface area contributed by atoms with E-state index in [0.29, 0.717) is 5.92 Å². The van der Waals surface area contributed by atoms with Crippen LogP contribution in [0.1, 0.15) is 44.6 Å². The summed E-state index contributed by atoms with van der Waals surface area (Å²) in [6.07, 6.45) is 3.98. The van der Waals surface area contributed by atoms with E-state index in [9.17, 15) is 0 Å². The second-order valence-electron chi connectivity index (χ2n) is 5.53. The average molecular weight is 296 g/mol. The van der Waals surface area contributed by atoms with Crippen molar-refractivity contribution >= 4 is 15.9 Å². The van der Waals surface area contributed by atoms with Crippen LogP contribution in [0.5, 0.6) is 0 Å². The van der Waals surface area contributed by atoms with Gasteiger partial charge in [-0.1, -0.05) is 48.0 Å². The maximum absolute atomic E-state index is 3.68. The van der Waals surface area contributed by atoms with Crippen LogP contribution in [-0.4, -0.2) is 12.6 Å². The summed E-state index contributed by atoms with van der Waals surface area (Å²) in [5.74, 6) is 1.37. The van der Waals surface area contributed by atoms with Gasteiger partial charge in [0, 0.05) is 17.1 Å². The molecule has 1 aliphatic rings. The molecule has 94 valence electrons. The Kier molecular flexibility index (Phi) is 4.63. The molecule has 1 atom stereocenters. The standard InChI is InChI=1S/C15H22BrN/c1-11(2)9-12(10-17-13-7-8-13)14-5-3-4-6-15(14)16/h3-6,11-13,17H,7-10H2,1-2H3. The molecule has 1 nitrogen and oxygen atoms in total. The zero-order chi connectivity index (χ0) is 12.3. The highest BCUT2D eigenvalue weighted by Gasteiger charge is 2.23. The van der Waals surface area contributed by atoms with Gasteiger partial charge in [-0.2, -0.15) is 0 Å². The first-order valence-electron chi connectivity index (χ1n) is 6.64. The Morgan fingerprint density at radius 2 is 2.00 bits per heavy atom. The minimum Gasteiger partial charge on any atom is -0.313 e. The summed E-state index contributed by atoms with van der Waals surface area (Å²) in [4.78, 5) is 0. The highest BCUT2D eigenvalue weighted by molar-refractivity contribution is 9.10. The minimum absolute atomic E-state index is 0.631. The fraction of sp³-hybridized carbons (Fsp3) is 0.600. The van der Waals surface area contributed by atoms with Gasteiger partial charge in [0.2, 0.25) is 0 Å². The van der Waals surface area contributed by atoms with E-state index in [4.69, 9.17) is 0 Å². The molecule has 0 aliphatic heterocycles. The Labute approximate surface area is 113 Å². The minimum atomic E-state index is 0.631. The van der Waals surface area contributed by atoms with Crippen LogP contribution in [0.4, 0.5) is 0 Å². The van der Waals surface area contributed by atoms with Gasteiger partial charge in [0.15, 0.2) is 0 Å². The van der Waals surface area contributed by atoms with Gasteiger partial charge in [0.05, 0.1) is 0 Å². The smallest absolute Gasteiger partial charge is 0.0210 e. The third-order valence-electron chi connectivity index (χ3n) is 3.33. The first kappa shape index (κ1) is 13.1. The molecule has 1 saturated carbocycles. The van der Waals surface area contributed by atoms with Crippen molar-refractivity contribution in [3.63, 3.8) is 0 Å². The molecule has 2 heteroatoms. The van der Waals surface area contributed by atoms with Crippen molar-refractivity contribution in [1.29, 1.82) is 0 Å².